The van der Waals surface area contributed by atoms with Crippen molar-refractivity contribution >= 4 is 33.5 Å². The summed E-state index contributed by atoms with van der Waals surface area (Å²) in [6, 6.07) is 11.1. The number of aromatic hydroxyl groups is 1. The van der Waals surface area contributed by atoms with Gasteiger partial charge in [-0.05, 0) is 24.3 Å². The van der Waals surface area contributed by atoms with Crippen molar-refractivity contribution in [2.24, 2.45) is 4.99 Å². The number of halogens is 1. The molecule has 0 saturated heterocycles. The summed E-state index contributed by atoms with van der Waals surface area (Å²) in [7, 11) is 0. The van der Waals surface area contributed by atoms with Gasteiger partial charge >= 0.3 is 0 Å². The molecular weight excluding hydrogens is 312 g/mol. The van der Waals surface area contributed by atoms with Crippen LogP contribution in [0, 0.1) is 10.1 Å². The van der Waals surface area contributed by atoms with E-state index in [0.29, 0.717) is 5.56 Å². The third kappa shape index (κ3) is 3.17. The summed E-state index contributed by atoms with van der Waals surface area (Å²) in [4.78, 5) is 14.4. The summed E-state index contributed by atoms with van der Waals surface area (Å²) in [6.07, 6.45) is 1.39. The molecule has 0 aliphatic carbocycles. The number of nitro groups is 1. The summed E-state index contributed by atoms with van der Waals surface area (Å²) in [5.74, 6) is 0.0607. The van der Waals surface area contributed by atoms with Crippen LogP contribution in [0.15, 0.2) is 51.9 Å². The smallest absolute Gasteiger partial charge is 0.294 e. The van der Waals surface area contributed by atoms with Crippen LogP contribution in [-0.2, 0) is 0 Å². The van der Waals surface area contributed by atoms with Crippen molar-refractivity contribution < 1.29 is 10.0 Å². The number of phenols is 1. The number of nitrogens with zero attached hydrogens (tertiary/aromatic N) is 2. The Bertz CT molecular complexity index is 656. The predicted octanol–water partition coefficient (Wildman–Crippen LogP) is 3.81. The highest BCUT2D eigenvalue weighted by Gasteiger charge is 2.10. The summed E-state index contributed by atoms with van der Waals surface area (Å²) in [6.45, 7) is 0. The lowest BCUT2D eigenvalue weighted by atomic mass is 10.2. The molecule has 2 aromatic rings. The van der Waals surface area contributed by atoms with Crippen molar-refractivity contribution in [1.82, 2.24) is 0 Å². The molecule has 0 heterocycles. The highest BCUT2D eigenvalue weighted by molar-refractivity contribution is 9.10. The van der Waals surface area contributed by atoms with Crippen molar-refractivity contribution in [3.05, 3.63) is 62.6 Å². The lowest BCUT2D eigenvalue weighted by Crippen LogP contribution is -1.88. The number of phenolic OH excluding ortho intramolecular Hbond substituents is 1. The molecule has 6 heteroatoms. The first-order valence-corrected chi connectivity index (χ1v) is 6.13. The van der Waals surface area contributed by atoms with Gasteiger partial charge in [-0.2, -0.15) is 0 Å². The maximum atomic E-state index is 10.8. The molecule has 2 aromatic carbocycles. The Morgan fingerprint density at radius 2 is 2.00 bits per heavy atom. The van der Waals surface area contributed by atoms with Gasteiger partial charge in [-0.15, -0.1) is 0 Å². The average molecular weight is 321 g/mol. The van der Waals surface area contributed by atoms with Crippen LogP contribution in [0.3, 0.4) is 0 Å². The molecule has 0 aliphatic heterocycles. The topological polar surface area (TPSA) is 75.7 Å². The van der Waals surface area contributed by atoms with Crippen LogP contribution in [0.1, 0.15) is 5.56 Å². The zero-order valence-corrected chi connectivity index (χ0v) is 11.2. The van der Waals surface area contributed by atoms with Crippen LogP contribution < -0.4 is 0 Å². The zero-order valence-electron chi connectivity index (χ0n) is 9.65. The van der Waals surface area contributed by atoms with Crippen LogP contribution in [-0.4, -0.2) is 16.2 Å². The van der Waals surface area contributed by atoms with E-state index in [-0.39, 0.29) is 17.1 Å². The second-order valence-electron chi connectivity index (χ2n) is 3.71. The van der Waals surface area contributed by atoms with Crippen LogP contribution in [0.4, 0.5) is 11.4 Å². The molecule has 19 heavy (non-hydrogen) atoms. The molecule has 96 valence electrons. The quantitative estimate of drug-likeness (QED) is 0.530. The van der Waals surface area contributed by atoms with Crippen LogP contribution in [0.5, 0.6) is 5.75 Å². The number of benzene rings is 2. The molecule has 0 aromatic heterocycles. The Morgan fingerprint density at radius 1 is 1.26 bits per heavy atom. The van der Waals surface area contributed by atoms with E-state index < -0.39 is 4.92 Å². The van der Waals surface area contributed by atoms with Gasteiger partial charge < -0.3 is 5.11 Å². The third-order valence-corrected chi connectivity index (χ3v) is 2.90. The van der Waals surface area contributed by atoms with Crippen molar-refractivity contribution in [3.63, 3.8) is 0 Å². The van der Waals surface area contributed by atoms with E-state index in [1.165, 1.54) is 18.3 Å². The van der Waals surface area contributed by atoms with Gasteiger partial charge in [-0.3, -0.25) is 10.1 Å². The molecule has 0 spiro atoms. The van der Waals surface area contributed by atoms with E-state index in [1.807, 2.05) is 0 Å². The summed E-state index contributed by atoms with van der Waals surface area (Å²) < 4.78 is 0.786. The number of hydrogen-bond acceptors (Lipinski definition) is 4. The first-order valence-electron chi connectivity index (χ1n) is 5.34. The largest absolute Gasteiger partial charge is 0.507 e. The molecule has 0 amide bonds. The standard InChI is InChI=1S/C13H9BrN2O3/c14-10-5-6-13(17)9(7-10)8-15-11-3-1-2-4-12(11)16(18)19/h1-8,17H. The maximum Gasteiger partial charge on any atom is 0.294 e. The third-order valence-electron chi connectivity index (χ3n) is 2.41. The minimum atomic E-state index is -0.493. The van der Waals surface area contributed by atoms with Gasteiger partial charge in [0, 0.05) is 22.3 Å². The summed E-state index contributed by atoms with van der Waals surface area (Å²) in [5.41, 5.74) is 0.646. The number of aliphatic imine (C=N–C) groups is 1. The molecule has 0 aliphatic rings. The fraction of sp³-hybridized carbons (Fsp3) is 0. The Morgan fingerprint density at radius 3 is 2.74 bits per heavy atom. The molecule has 2 rings (SSSR count). The molecular formula is C13H9BrN2O3. The van der Waals surface area contributed by atoms with Gasteiger partial charge in [0.25, 0.3) is 5.69 Å². The van der Waals surface area contributed by atoms with E-state index in [0.717, 1.165) is 4.47 Å². The van der Waals surface area contributed by atoms with Gasteiger partial charge in [-0.25, -0.2) is 4.99 Å². The van der Waals surface area contributed by atoms with Crippen LogP contribution in [0.25, 0.3) is 0 Å². The second-order valence-corrected chi connectivity index (χ2v) is 4.62. The SMILES string of the molecule is O=[N+]([O-])c1ccccc1N=Cc1cc(Br)ccc1O. The Balaban J connectivity index is 2.38. The van der Waals surface area contributed by atoms with Crippen LogP contribution in [0.2, 0.25) is 0 Å². The van der Waals surface area contributed by atoms with Gasteiger partial charge in [0.1, 0.15) is 11.4 Å². The van der Waals surface area contributed by atoms with E-state index >= 15 is 0 Å². The van der Waals surface area contributed by atoms with Gasteiger partial charge in [-0.1, -0.05) is 28.1 Å². The molecule has 0 atom stereocenters. The lowest BCUT2D eigenvalue weighted by Gasteiger charge is -2.00. The molecule has 0 fully saturated rings. The predicted molar refractivity (Wildman–Crippen MR) is 76.2 cm³/mol. The molecule has 0 unspecified atom stereocenters. The van der Waals surface area contributed by atoms with E-state index in [9.17, 15) is 15.2 Å². The summed E-state index contributed by atoms with van der Waals surface area (Å²) in [5, 5.41) is 20.5. The minimum absolute atomic E-state index is 0.0607. The minimum Gasteiger partial charge on any atom is -0.507 e. The van der Waals surface area contributed by atoms with Gasteiger partial charge in [0.15, 0.2) is 0 Å². The fourth-order valence-corrected chi connectivity index (χ4v) is 1.87. The van der Waals surface area contributed by atoms with Crippen molar-refractivity contribution in [3.8, 4) is 5.75 Å². The van der Waals surface area contributed by atoms with Crippen LogP contribution >= 0.6 is 15.9 Å². The maximum absolute atomic E-state index is 10.8. The number of nitro benzene ring substituents is 1. The number of para-hydroxylation sites is 2. The Hall–Kier alpha value is -2.21. The summed E-state index contributed by atoms with van der Waals surface area (Å²) >= 11 is 3.28. The molecule has 5 nitrogen and oxygen atoms in total. The number of rotatable bonds is 3. The lowest BCUT2D eigenvalue weighted by molar-refractivity contribution is -0.384. The van der Waals surface area contributed by atoms with Crippen molar-refractivity contribution in [1.29, 1.82) is 0 Å². The zero-order chi connectivity index (χ0) is 13.8. The van der Waals surface area contributed by atoms with E-state index in [2.05, 4.69) is 20.9 Å². The first-order chi connectivity index (χ1) is 9.08. The highest BCUT2D eigenvalue weighted by atomic mass is 79.9. The molecule has 1 N–H and O–H groups in total. The van der Waals surface area contributed by atoms with Crippen molar-refractivity contribution in [2.45, 2.75) is 0 Å². The van der Waals surface area contributed by atoms with Crippen molar-refractivity contribution in [2.75, 3.05) is 0 Å². The monoisotopic (exact) mass is 320 g/mol. The first kappa shape index (κ1) is 13.2. The Labute approximate surface area is 117 Å². The average Bonchev–Trinajstić information content (AvgIpc) is 2.40. The molecule has 0 saturated carbocycles. The number of hydrogen-bond donors (Lipinski definition) is 1. The van der Waals surface area contributed by atoms with E-state index in [4.69, 9.17) is 0 Å². The Kier molecular flexibility index (Phi) is 3.91. The molecule has 0 bridgehead atoms. The highest BCUT2D eigenvalue weighted by Crippen LogP contribution is 2.27. The fourth-order valence-electron chi connectivity index (χ4n) is 1.50. The van der Waals surface area contributed by atoms with Gasteiger partial charge in [0.2, 0.25) is 0 Å². The molecule has 0 radical (unpaired) electrons. The van der Waals surface area contributed by atoms with Gasteiger partial charge in [0.05, 0.1) is 4.92 Å². The van der Waals surface area contributed by atoms with E-state index in [1.54, 1.807) is 30.3 Å². The normalized spacial score (nSPS) is 10.8. The second kappa shape index (κ2) is 5.62.